The Bertz CT molecular complexity index is 593. The average Bonchev–Trinajstić information content (AvgIpc) is 2.62. The molecule has 1 atom stereocenters. The smallest absolute Gasteiger partial charge is 0.312 e. The second-order valence-electron chi connectivity index (χ2n) is 8.13. The Morgan fingerprint density at radius 1 is 1.15 bits per heavy atom. The number of primary amides is 1. The van der Waals surface area contributed by atoms with E-state index in [1.807, 2.05) is 30.3 Å². The summed E-state index contributed by atoms with van der Waals surface area (Å²) < 4.78 is 0. The Kier molecular flexibility index (Phi) is 7.06. The summed E-state index contributed by atoms with van der Waals surface area (Å²) in [5, 5.41) is 5.83. The molecule has 0 heterocycles. The molecule has 0 aliphatic heterocycles. The topological polar surface area (TPSA) is 84.2 Å². The van der Waals surface area contributed by atoms with Gasteiger partial charge < -0.3 is 16.4 Å². The SMILES string of the molecule is CCC(C)(C)C1CCC(NC(=O)CC(NC(N)=O)c2ccccc2)CC1. The van der Waals surface area contributed by atoms with E-state index in [1.165, 1.54) is 6.42 Å². The fourth-order valence-corrected chi connectivity index (χ4v) is 3.89. The first-order chi connectivity index (χ1) is 12.3. The third-order valence-electron chi connectivity index (χ3n) is 6.02. The molecule has 1 unspecified atom stereocenters. The highest BCUT2D eigenvalue weighted by Crippen LogP contribution is 2.40. The van der Waals surface area contributed by atoms with Gasteiger partial charge in [-0.15, -0.1) is 0 Å². The maximum Gasteiger partial charge on any atom is 0.312 e. The molecule has 0 spiro atoms. The predicted molar refractivity (Wildman–Crippen MR) is 104 cm³/mol. The maximum atomic E-state index is 12.5. The third-order valence-corrected chi connectivity index (χ3v) is 6.02. The second-order valence-corrected chi connectivity index (χ2v) is 8.13. The first-order valence-electron chi connectivity index (χ1n) is 9.72. The van der Waals surface area contributed by atoms with Crippen LogP contribution in [0.25, 0.3) is 0 Å². The zero-order valence-electron chi connectivity index (χ0n) is 16.3. The first-order valence-corrected chi connectivity index (χ1v) is 9.72. The molecule has 0 radical (unpaired) electrons. The zero-order valence-corrected chi connectivity index (χ0v) is 16.3. The summed E-state index contributed by atoms with van der Waals surface area (Å²) >= 11 is 0. The second kappa shape index (κ2) is 9.06. The van der Waals surface area contributed by atoms with Gasteiger partial charge in [0.25, 0.3) is 0 Å². The van der Waals surface area contributed by atoms with Crippen molar-refractivity contribution in [3.05, 3.63) is 35.9 Å². The van der Waals surface area contributed by atoms with Gasteiger partial charge in [0.05, 0.1) is 12.5 Å². The third kappa shape index (κ3) is 5.75. The monoisotopic (exact) mass is 359 g/mol. The summed E-state index contributed by atoms with van der Waals surface area (Å²) in [6.45, 7) is 6.94. The minimum absolute atomic E-state index is 0.0363. The largest absolute Gasteiger partial charge is 0.353 e. The number of carbonyl (C=O) groups is 2. The number of amides is 3. The highest BCUT2D eigenvalue weighted by atomic mass is 16.2. The van der Waals surface area contributed by atoms with Crippen LogP contribution < -0.4 is 16.4 Å². The molecule has 1 saturated carbocycles. The molecule has 0 bridgehead atoms. The molecule has 0 aromatic heterocycles. The summed E-state index contributed by atoms with van der Waals surface area (Å²) in [5.74, 6) is 0.694. The van der Waals surface area contributed by atoms with Gasteiger partial charge in [-0.1, -0.05) is 57.5 Å². The summed E-state index contributed by atoms with van der Waals surface area (Å²) in [5.41, 5.74) is 6.54. The van der Waals surface area contributed by atoms with Crippen LogP contribution in [0.4, 0.5) is 4.79 Å². The van der Waals surface area contributed by atoms with E-state index in [4.69, 9.17) is 5.73 Å². The van der Waals surface area contributed by atoms with E-state index in [9.17, 15) is 9.59 Å². The van der Waals surface area contributed by atoms with Gasteiger partial charge in [-0.2, -0.15) is 0 Å². The number of rotatable bonds is 7. The Labute approximate surface area is 157 Å². The number of hydrogen-bond donors (Lipinski definition) is 3. The molecular weight excluding hydrogens is 326 g/mol. The molecule has 4 N–H and O–H groups in total. The fourth-order valence-electron chi connectivity index (χ4n) is 3.89. The van der Waals surface area contributed by atoms with Crippen LogP contribution >= 0.6 is 0 Å². The summed E-state index contributed by atoms with van der Waals surface area (Å²) in [6.07, 6.45) is 5.76. The molecule has 2 rings (SSSR count). The molecule has 1 fully saturated rings. The zero-order chi connectivity index (χ0) is 19.2. The van der Waals surface area contributed by atoms with E-state index in [2.05, 4.69) is 31.4 Å². The number of urea groups is 1. The van der Waals surface area contributed by atoms with Crippen molar-refractivity contribution in [2.45, 2.75) is 71.4 Å². The van der Waals surface area contributed by atoms with E-state index in [0.717, 1.165) is 37.2 Å². The highest BCUT2D eigenvalue weighted by molar-refractivity contribution is 5.79. The first kappa shape index (κ1) is 20.3. The van der Waals surface area contributed by atoms with Crippen LogP contribution in [-0.2, 0) is 4.79 Å². The highest BCUT2D eigenvalue weighted by Gasteiger charge is 2.32. The fraction of sp³-hybridized carbons (Fsp3) is 0.619. The number of carbonyl (C=O) groups excluding carboxylic acids is 2. The molecule has 1 aliphatic rings. The van der Waals surface area contributed by atoms with Crippen LogP contribution in [0.3, 0.4) is 0 Å². The van der Waals surface area contributed by atoms with Crippen molar-refractivity contribution in [3.8, 4) is 0 Å². The standard InChI is InChI=1S/C21H33N3O2/c1-4-21(2,3)16-10-12-17(13-11-16)23-19(25)14-18(24-20(22)26)15-8-6-5-7-9-15/h5-9,16-18H,4,10-14H2,1-3H3,(H,23,25)(H3,22,24,26). The summed E-state index contributed by atoms with van der Waals surface area (Å²) in [4.78, 5) is 23.8. The Morgan fingerprint density at radius 3 is 2.31 bits per heavy atom. The molecule has 5 nitrogen and oxygen atoms in total. The molecule has 26 heavy (non-hydrogen) atoms. The van der Waals surface area contributed by atoms with Crippen molar-refractivity contribution in [2.24, 2.45) is 17.1 Å². The van der Waals surface area contributed by atoms with Crippen molar-refractivity contribution in [1.29, 1.82) is 0 Å². The average molecular weight is 360 g/mol. The number of hydrogen-bond acceptors (Lipinski definition) is 2. The molecule has 0 saturated heterocycles. The van der Waals surface area contributed by atoms with Gasteiger partial charge in [-0.3, -0.25) is 4.79 Å². The lowest BCUT2D eigenvalue weighted by Gasteiger charge is -2.39. The normalized spacial score (nSPS) is 21.7. The Balaban J connectivity index is 1.88. The van der Waals surface area contributed by atoms with Crippen molar-refractivity contribution in [3.63, 3.8) is 0 Å². The van der Waals surface area contributed by atoms with Crippen molar-refractivity contribution < 1.29 is 9.59 Å². The van der Waals surface area contributed by atoms with Gasteiger partial charge >= 0.3 is 6.03 Å². The molecule has 1 aromatic carbocycles. The van der Waals surface area contributed by atoms with Crippen molar-refractivity contribution >= 4 is 11.9 Å². The van der Waals surface area contributed by atoms with Gasteiger partial charge in [0.1, 0.15) is 0 Å². The Hall–Kier alpha value is -2.04. The quantitative estimate of drug-likeness (QED) is 0.690. The number of nitrogens with one attached hydrogen (secondary N) is 2. The van der Waals surface area contributed by atoms with Crippen LogP contribution in [0.15, 0.2) is 30.3 Å². The maximum absolute atomic E-state index is 12.5. The van der Waals surface area contributed by atoms with Crippen LogP contribution in [0, 0.1) is 11.3 Å². The van der Waals surface area contributed by atoms with Gasteiger partial charge in [-0.25, -0.2) is 4.79 Å². The van der Waals surface area contributed by atoms with Crippen LogP contribution in [0.5, 0.6) is 0 Å². The van der Waals surface area contributed by atoms with Crippen LogP contribution in [0.1, 0.15) is 70.9 Å². The molecule has 1 aromatic rings. The minimum Gasteiger partial charge on any atom is -0.353 e. The molecular formula is C21H33N3O2. The van der Waals surface area contributed by atoms with E-state index in [0.29, 0.717) is 5.41 Å². The summed E-state index contributed by atoms with van der Waals surface area (Å²) in [6, 6.07) is 8.69. The van der Waals surface area contributed by atoms with E-state index >= 15 is 0 Å². The van der Waals surface area contributed by atoms with Gasteiger partial charge in [0.2, 0.25) is 5.91 Å². The molecule has 1 aliphatic carbocycles. The lowest BCUT2D eigenvalue weighted by atomic mass is 9.69. The van der Waals surface area contributed by atoms with E-state index in [1.54, 1.807) is 0 Å². The van der Waals surface area contributed by atoms with Gasteiger partial charge in [0.15, 0.2) is 0 Å². The Morgan fingerprint density at radius 2 is 1.77 bits per heavy atom. The van der Waals surface area contributed by atoms with Gasteiger partial charge in [-0.05, 0) is 42.6 Å². The lowest BCUT2D eigenvalue weighted by molar-refractivity contribution is -0.122. The number of nitrogens with two attached hydrogens (primary N) is 1. The van der Waals surface area contributed by atoms with Crippen molar-refractivity contribution in [2.75, 3.05) is 0 Å². The predicted octanol–water partition coefficient (Wildman–Crippen LogP) is 3.90. The van der Waals surface area contributed by atoms with E-state index < -0.39 is 12.1 Å². The van der Waals surface area contributed by atoms with Crippen LogP contribution in [0.2, 0.25) is 0 Å². The minimum atomic E-state index is -0.617. The molecule has 5 heteroatoms. The van der Waals surface area contributed by atoms with Crippen LogP contribution in [-0.4, -0.2) is 18.0 Å². The van der Waals surface area contributed by atoms with Gasteiger partial charge in [0, 0.05) is 6.04 Å². The number of benzene rings is 1. The van der Waals surface area contributed by atoms with E-state index in [-0.39, 0.29) is 18.4 Å². The molecule has 144 valence electrons. The lowest BCUT2D eigenvalue weighted by Crippen LogP contribution is -2.42. The summed E-state index contributed by atoms with van der Waals surface area (Å²) in [7, 11) is 0. The van der Waals surface area contributed by atoms with Crippen molar-refractivity contribution in [1.82, 2.24) is 10.6 Å². The molecule has 3 amide bonds.